The molecule has 36 heavy (non-hydrogen) atoms. The number of hydrogen-bond acceptors (Lipinski definition) is 5. The summed E-state index contributed by atoms with van der Waals surface area (Å²) in [5, 5.41) is 9.50. The van der Waals surface area contributed by atoms with E-state index in [4.69, 9.17) is 4.55 Å². The summed E-state index contributed by atoms with van der Waals surface area (Å²) in [6.45, 7) is 4.40. The third-order valence-electron chi connectivity index (χ3n) is 7.12. The highest BCUT2D eigenvalue weighted by atomic mass is 32.3. The van der Waals surface area contributed by atoms with Crippen molar-refractivity contribution < 1.29 is 31.8 Å². The molecule has 0 saturated heterocycles. The van der Waals surface area contributed by atoms with Crippen molar-refractivity contribution in [2.24, 2.45) is 5.41 Å². The molecule has 0 unspecified atom stereocenters. The van der Waals surface area contributed by atoms with Crippen LogP contribution in [0.3, 0.4) is 0 Å². The Kier molecular flexibility index (Phi) is 21.2. The van der Waals surface area contributed by atoms with Crippen molar-refractivity contribution >= 4 is 22.3 Å². The smallest absolute Gasteiger partial charge is 0.448 e. The summed E-state index contributed by atoms with van der Waals surface area (Å²) in [7, 11) is -4.99. The Morgan fingerprint density at radius 2 is 0.917 bits per heavy atom. The minimum Gasteiger partial charge on any atom is -0.481 e. The number of aliphatic carboxylic acids is 1. The van der Waals surface area contributed by atoms with Gasteiger partial charge < -0.3 is 9.29 Å². The Morgan fingerprint density at radius 3 is 1.19 bits per heavy atom. The molecule has 0 amide bonds. The first-order valence-electron chi connectivity index (χ1n) is 14.6. The number of carboxylic acids is 1. The van der Waals surface area contributed by atoms with Gasteiger partial charge in [-0.3, -0.25) is 14.1 Å². The van der Waals surface area contributed by atoms with Crippen LogP contribution in [0.4, 0.5) is 0 Å². The Hall–Kier alpha value is -1.15. The molecule has 0 spiro atoms. The number of hydrogen-bond donors (Lipinski definition) is 2. The number of carbonyl (C=O) groups excluding carboxylic acids is 1. The number of rotatable bonds is 26. The van der Waals surface area contributed by atoms with Crippen molar-refractivity contribution in [3.05, 3.63) is 0 Å². The summed E-state index contributed by atoms with van der Waals surface area (Å²) in [6.07, 6.45) is 22.1. The van der Waals surface area contributed by atoms with Crippen LogP contribution < -0.4 is 0 Å². The molecule has 0 aliphatic heterocycles. The molecule has 7 nitrogen and oxygen atoms in total. The molecule has 0 heterocycles. The first-order chi connectivity index (χ1) is 17.2. The maximum absolute atomic E-state index is 12.8. The van der Waals surface area contributed by atoms with Gasteiger partial charge in [-0.1, -0.05) is 142 Å². The van der Waals surface area contributed by atoms with Crippen LogP contribution >= 0.6 is 0 Å². The fourth-order valence-electron chi connectivity index (χ4n) is 4.95. The van der Waals surface area contributed by atoms with Crippen molar-refractivity contribution in [1.82, 2.24) is 0 Å². The van der Waals surface area contributed by atoms with E-state index in [1.165, 1.54) is 77.0 Å². The van der Waals surface area contributed by atoms with Gasteiger partial charge in [0.05, 0.1) is 11.8 Å². The van der Waals surface area contributed by atoms with Gasteiger partial charge in [0.15, 0.2) is 0 Å². The zero-order chi connectivity index (χ0) is 27.1. The Labute approximate surface area is 221 Å². The summed E-state index contributed by atoms with van der Waals surface area (Å²) in [6, 6.07) is 0. The molecule has 214 valence electrons. The van der Waals surface area contributed by atoms with Gasteiger partial charge >= 0.3 is 22.3 Å². The lowest BCUT2D eigenvalue weighted by Gasteiger charge is -2.29. The van der Waals surface area contributed by atoms with Crippen molar-refractivity contribution in [2.75, 3.05) is 0 Å². The molecule has 0 fully saturated rings. The molecule has 0 aliphatic carbocycles. The van der Waals surface area contributed by atoms with E-state index in [9.17, 15) is 23.1 Å². The summed E-state index contributed by atoms with van der Waals surface area (Å²) in [5.41, 5.74) is -1.43. The second-order valence-corrected chi connectivity index (χ2v) is 11.5. The second-order valence-electron chi connectivity index (χ2n) is 10.5. The number of carboxylic acid groups (broad SMARTS) is 1. The zero-order valence-electron chi connectivity index (χ0n) is 23.1. The molecule has 0 aromatic carbocycles. The molecule has 0 aliphatic rings. The monoisotopic (exact) mass is 534 g/mol. The van der Waals surface area contributed by atoms with Gasteiger partial charge in [-0.2, -0.15) is 8.42 Å². The minimum atomic E-state index is -4.99. The lowest BCUT2D eigenvalue weighted by Crippen LogP contribution is -2.37. The quantitative estimate of drug-likeness (QED) is 0.0844. The van der Waals surface area contributed by atoms with Crippen LogP contribution in [0.2, 0.25) is 0 Å². The summed E-state index contributed by atoms with van der Waals surface area (Å²) < 4.78 is 35.8. The zero-order valence-corrected chi connectivity index (χ0v) is 23.9. The highest BCUT2D eigenvalue weighted by Gasteiger charge is 2.43. The van der Waals surface area contributed by atoms with E-state index in [0.717, 1.165) is 38.5 Å². The molecule has 0 bridgehead atoms. The molecule has 0 saturated carbocycles. The predicted octanol–water partition coefficient (Wildman–Crippen LogP) is 8.42. The Bertz CT molecular complexity index is 637. The van der Waals surface area contributed by atoms with Crippen LogP contribution in [0.1, 0.15) is 162 Å². The van der Waals surface area contributed by atoms with Gasteiger partial charge in [0.1, 0.15) is 0 Å². The molecule has 8 heteroatoms. The van der Waals surface area contributed by atoms with E-state index in [0.29, 0.717) is 12.8 Å². The van der Waals surface area contributed by atoms with E-state index in [2.05, 4.69) is 18.0 Å². The molecule has 0 aromatic heterocycles. The van der Waals surface area contributed by atoms with Crippen molar-refractivity contribution in [3.63, 3.8) is 0 Å². The lowest BCUT2D eigenvalue weighted by molar-refractivity contribution is -0.155. The normalized spacial score (nSPS) is 12.1. The maximum atomic E-state index is 12.8. The van der Waals surface area contributed by atoms with Crippen molar-refractivity contribution in [3.8, 4) is 0 Å². The lowest BCUT2D eigenvalue weighted by atomic mass is 9.75. The first kappa shape index (κ1) is 34.9. The van der Waals surface area contributed by atoms with Crippen LogP contribution in [0.25, 0.3) is 0 Å². The Morgan fingerprint density at radius 1 is 0.611 bits per heavy atom. The van der Waals surface area contributed by atoms with Crippen LogP contribution in [-0.2, 0) is 24.2 Å². The van der Waals surface area contributed by atoms with E-state index in [1.54, 1.807) is 0 Å². The average molecular weight is 535 g/mol. The van der Waals surface area contributed by atoms with Gasteiger partial charge in [0.25, 0.3) is 0 Å². The minimum absolute atomic E-state index is 0.252. The third-order valence-corrected chi connectivity index (χ3v) is 7.48. The van der Waals surface area contributed by atoms with Gasteiger partial charge in [0, 0.05) is 0 Å². The first-order valence-corrected chi connectivity index (χ1v) is 16.0. The van der Waals surface area contributed by atoms with Crippen molar-refractivity contribution in [2.45, 2.75) is 162 Å². The average Bonchev–Trinajstić information content (AvgIpc) is 2.79. The summed E-state index contributed by atoms with van der Waals surface area (Å²) >= 11 is 0. The second kappa shape index (κ2) is 21.9. The van der Waals surface area contributed by atoms with E-state index < -0.39 is 34.2 Å². The number of carbonyl (C=O) groups is 2. The van der Waals surface area contributed by atoms with Gasteiger partial charge in [-0.25, -0.2) is 0 Å². The molecular weight excluding hydrogens is 480 g/mol. The van der Waals surface area contributed by atoms with E-state index in [-0.39, 0.29) is 12.8 Å². The van der Waals surface area contributed by atoms with Gasteiger partial charge in [-0.05, 0) is 12.8 Å². The molecule has 0 rings (SSSR count). The highest BCUT2D eigenvalue weighted by Crippen LogP contribution is 2.37. The summed E-state index contributed by atoms with van der Waals surface area (Å²) in [5.74, 6) is -2.30. The molecular formula is C28H54O7S. The van der Waals surface area contributed by atoms with Crippen LogP contribution in [0.5, 0.6) is 0 Å². The van der Waals surface area contributed by atoms with Crippen LogP contribution in [0, 0.1) is 5.41 Å². The molecule has 0 aromatic rings. The fraction of sp³-hybridized carbons (Fsp3) is 0.929. The van der Waals surface area contributed by atoms with Crippen molar-refractivity contribution in [1.29, 1.82) is 0 Å². The summed E-state index contributed by atoms with van der Waals surface area (Å²) in [4.78, 5) is 24.4. The number of unbranched alkanes of at least 4 members (excludes halogenated alkanes) is 18. The van der Waals surface area contributed by atoms with Gasteiger partial charge in [0.2, 0.25) is 0 Å². The largest absolute Gasteiger partial charge is 0.481 e. The standard InChI is InChI=1S/C28H54O7S/c1-3-5-7-9-11-13-15-17-19-21-23-28(25-26(29)30,27(31)35-36(32,33)34)24-22-20-18-16-14-12-10-8-6-4-2/h3-25H2,1-2H3,(H,29,30)(H,32,33,34). The van der Waals surface area contributed by atoms with E-state index >= 15 is 0 Å². The fourth-order valence-corrected chi connectivity index (χ4v) is 5.32. The third kappa shape index (κ3) is 20.0. The van der Waals surface area contributed by atoms with Crippen LogP contribution in [0.15, 0.2) is 0 Å². The molecule has 0 atom stereocenters. The topological polar surface area (TPSA) is 118 Å². The Balaban J connectivity index is 4.69. The van der Waals surface area contributed by atoms with E-state index in [1.807, 2.05) is 0 Å². The highest BCUT2D eigenvalue weighted by molar-refractivity contribution is 7.81. The van der Waals surface area contributed by atoms with Crippen LogP contribution in [-0.4, -0.2) is 30.0 Å². The molecule has 0 radical (unpaired) electrons. The predicted molar refractivity (Wildman–Crippen MR) is 145 cm³/mol. The SMILES string of the molecule is CCCCCCCCCCCCC(CCCCCCCCCCCC)(CC(=O)O)C(=O)OS(=O)(=O)O. The molecule has 2 N–H and O–H groups in total. The maximum Gasteiger partial charge on any atom is 0.448 e. The van der Waals surface area contributed by atoms with Gasteiger partial charge in [-0.15, -0.1) is 0 Å².